The van der Waals surface area contributed by atoms with Crippen LogP contribution in [-0.4, -0.2) is 47.1 Å². The fourth-order valence-corrected chi connectivity index (χ4v) is 1.28. The first-order chi connectivity index (χ1) is 6.99. The Morgan fingerprint density at radius 2 is 2.00 bits per heavy atom. The molecule has 0 heterocycles. The van der Waals surface area contributed by atoms with Gasteiger partial charge in [-0.25, -0.2) is 0 Å². The molecule has 1 fully saturated rings. The van der Waals surface area contributed by atoms with Crippen molar-refractivity contribution in [3.63, 3.8) is 0 Å². The number of nitrogens with one attached hydrogen (secondary N) is 1. The fraction of sp³-hybridized carbons (Fsp3) is 0.800. The standard InChI is InChI=1S/C10H18N2O3/c1-7(2)12(6-10(14)15)5-9(13)11-8-3-4-8/h7-8H,3-6H2,1-2H3,(H,11,13)(H,14,15). The second kappa shape index (κ2) is 5.11. The minimum atomic E-state index is -0.900. The predicted octanol–water partition coefficient (Wildman–Crippen LogP) is 0.0600. The predicted molar refractivity (Wildman–Crippen MR) is 55.5 cm³/mol. The summed E-state index contributed by atoms with van der Waals surface area (Å²) in [6, 6.07) is 0.391. The molecule has 0 aromatic rings. The molecule has 0 atom stereocenters. The first-order valence-electron chi connectivity index (χ1n) is 5.24. The van der Waals surface area contributed by atoms with Crippen molar-refractivity contribution in [1.29, 1.82) is 0 Å². The zero-order valence-corrected chi connectivity index (χ0v) is 9.19. The molecule has 0 aliphatic heterocycles. The molecule has 0 saturated heterocycles. The van der Waals surface area contributed by atoms with Crippen molar-refractivity contribution in [3.05, 3.63) is 0 Å². The van der Waals surface area contributed by atoms with E-state index in [1.54, 1.807) is 4.90 Å². The monoisotopic (exact) mass is 214 g/mol. The van der Waals surface area contributed by atoms with Gasteiger partial charge >= 0.3 is 5.97 Å². The summed E-state index contributed by atoms with van der Waals surface area (Å²) < 4.78 is 0. The number of carboxylic acid groups (broad SMARTS) is 1. The van der Waals surface area contributed by atoms with Crippen LogP contribution in [-0.2, 0) is 9.59 Å². The van der Waals surface area contributed by atoms with Crippen molar-refractivity contribution in [2.75, 3.05) is 13.1 Å². The van der Waals surface area contributed by atoms with Gasteiger partial charge in [0.15, 0.2) is 0 Å². The zero-order chi connectivity index (χ0) is 11.4. The summed E-state index contributed by atoms with van der Waals surface area (Å²) in [6.07, 6.45) is 2.10. The van der Waals surface area contributed by atoms with Crippen LogP contribution in [0.15, 0.2) is 0 Å². The smallest absolute Gasteiger partial charge is 0.317 e. The van der Waals surface area contributed by atoms with Gasteiger partial charge in [-0.15, -0.1) is 0 Å². The van der Waals surface area contributed by atoms with E-state index in [1.165, 1.54) is 0 Å². The van der Waals surface area contributed by atoms with Gasteiger partial charge in [0.05, 0.1) is 13.1 Å². The Hall–Kier alpha value is -1.10. The lowest BCUT2D eigenvalue weighted by Crippen LogP contribution is -2.43. The third kappa shape index (κ3) is 4.78. The number of hydrogen-bond acceptors (Lipinski definition) is 3. The number of nitrogens with zero attached hydrogens (tertiary/aromatic N) is 1. The Bertz CT molecular complexity index is 249. The Morgan fingerprint density at radius 3 is 2.40 bits per heavy atom. The quantitative estimate of drug-likeness (QED) is 0.656. The normalized spacial score (nSPS) is 15.7. The molecule has 0 aromatic carbocycles. The number of aliphatic carboxylic acids is 1. The summed E-state index contributed by atoms with van der Waals surface area (Å²) in [6.45, 7) is 3.84. The van der Waals surface area contributed by atoms with Crippen molar-refractivity contribution < 1.29 is 14.7 Å². The van der Waals surface area contributed by atoms with Gasteiger partial charge in [0.25, 0.3) is 0 Å². The lowest BCUT2D eigenvalue weighted by molar-refractivity contribution is -0.139. The summed E-state index contributed by atoms with van der Waals surface area (Å²) in [7, 11) is 0. The topological polar surface area (TPSA) is 69.6 Å². The Labute approximate surface area is 89.4 Å². The summed E-state index contributed by atoms with van der Waals surface area (Å²) in [5.41, 5.74) is 0. The van der Waals surface area contributed by atoms with Crippen molar-refractivity contribution in [1.82, 2.24) is 10.2 Å². The first-order valence-corrected chi connectivity index (χ1v) is 5.24. The van der Waals surface area contributed by atoms with Crippen LogP contribution in [0.5, 0.6) is 0 Å². The SMILES string of the molecule is CC(C)N(CC(=O)O)CC(=O)NC1CC1. The molecule has 1 rings (SSSR count). The number of hydrogen-bond donors (Lipinski definition) is 2. The van der Waals surface area contributed by atoms with Gasteiger partial charge in [-0.2, -0.15) is 0 Å². The van der Waals surface area contributed by atoms with Gasteiger partial charge in [0.2, 0.25) is 5.91 Å². The molecular weight excluding hydrogens is 196 g/mol. The van der Waals surface area contributed by atoms with Gasteiger partial charge in [0.1, 0.15) is 0 Å². The molecule has 0 unspecified atom stereocenters. The van der Waals surface area contributed by atoms with Gasteiger partial charge in [-0.3, -0.25) is 14.5 Å². The third-order valence-corrected chi connectivity index (χ3v) is 2.36. The highest BCUT2D eigenvalue weighted by Gasteiger charge is 2.25. The number of amides is 1. The molecule has 5 heteroatoms. The van der Waals surface area contributed by atoms with Crippen LogP contribution >= 0.6 is 0 Å². The molecule has 0 spiro atoms. The van der Waals surface area contributed by atoms with Crippen LogP contribution in [0.25, 0.3) is 0 Å². The molecule has 1 amide bonds. The highest BCUT2D eigenvalue weighted by Crippen LogP contribution is 2.18. The van der Waals surface area contributed by atoms with E-state index in [2.05, 4.69) is 5.32 Å². The van der Waals surface area contributed by atoms with Gasteiger partial charge in [-0.1, -0.05) is 0 Å². The number of carboxylic acids is 1. The molecule has 0 bridgehead atoms. The van der Waals surface area contributed by atoms with E-state index in [1.807, 2.05) is 13.8 Å². The second-order valence-corrected chi connectivity index (χ2v) is 4.23. The van der Waals surface area contributed by atoms with Crippen molar-refractivity contribution in [2.45, 2.75) is 38.8 Å². The van der Waals surface area contributed by atoms with E-state index in [0.717, 1.165) is 12.8 Å². The maximum absolute atomic E-state index is 11.4. The van der Waals surface area contributed by atoms with Gasteiger partial charge < -0.3 is 10.4 Å². The molecule has 2 N–H and O–H groups in total. The average Bonchev–Trinajstić information content (AvgIpc) is 2.85. The van der Waals surface area contributed by atoms with Crippen LogP contribution in [0.4, 0.5) is 0 Å². The largest absolute Gasteiger partial charge is 0.480 e. The van der Waals surface area contributed by atoms with E-state index >= 15 is 0 Å². The van der Waals surface area contributed by atoms with Crippen LogP contribution in [0.1, 0.15) is 26.7 Å². The van der Waals surface area contributed by atoms with E-state index in [0.29, 0.717) is 6.04 Å². The molecule has 1 aliphatic carbocycles. The Morgan fingerprint density at radius 1 is 1.40 bits per heavy atom. The summed E-state index contributed by atoms with van der Waals surface area (Å²) in [5, 5.41) is 11.5. The minimum Gasteiger partial charge on any atom is -0.480 e. The Kier molecular flexibility index (Phi) is 4.08. The molecule has 0 radical (unpaired) electrons. The third-order valence-electron chi connectivity index (χ3n) is 2.36. The van der Waals surface area contributed by atoms with Crippen LogP contribution < -0.4 is 5.32 Å². The zero-order valence-electron chi connectivity index (χ0n) is 9.19. The van der Waals surface area contributed by atoms with Gasteiger partial charge in [0, 0.05) is 12.1 Å². The summed E-state index contributed by atoms with van der Waals surface area (Å²) in [5.74, 6) is -0.977. The van der Waals surface area contributed by atoms with Crippen molar-refractivity contribution in [2.24, 2.45) is 0 Å². The first kappa shape index (κ1) is 12.0. The molecule has 5 nitrogen and oxygen atoms in total. The summed E-state index contributed by atoms with van der Waals surface area (Å²) >= 11 is 0. The minimum absolute atomic E-state index is 0.0612. The van der Waals surface area contributed by atoms with Gasteiger partial charge in [-0.05, 0) is 26.7 Å². The lowest BCUT2D eigenvalue weighted by atomic mass is 10.3. The number of carbonyl (C=O) groups excluding carboxylic acids is 1. The lowest BCUT2D eigenvalue weighted by Gasteiger charge is -2.23. The van der Waals surface area contributed by atoms with E-state index in [4.69, 9.17) is 5.11 Å². The molecule has 1 saturated carbocycles. The maximum atomic E-state index is 11.4. The molecule has 1 aliphatic rings. The maximum Gasteiger partial charge on any atom is 0.317 e. The summed E-state index contributed by atoms with van der Waals surface area (Å²) in [4.78, 5) is 23.6. The van der Waals surface area contributed by atoms with Crippen molar-refractivity contribution in [3.8, 4) is 0 Å². The Balaban J connectivity index is 2.34. The molecular formula is C10H18N2O3. The molecule has 86 valence electrons. The highest BCUT2D eigenvalue weighted by molar-refractivity contribution is 5.79. The average molecular weight is 214 g/mol. The number of rotatable bonds is 6. The molecule has 0 aromatic heterocycles. The fourth-order valence-electron chi connectivity index (χ4n) is 1.28. The van der Waals surface area contributed by atoms with E-state index in [9.17, 15) is 9.59 Å². The van der Waals surface area contributed by atoms with E-state index < -0.39 is 5.97 Å². The van der Waals surface area contributed by atoms with Crippen molar-refractivity contribution >= 4 is 11.9 Å². The second-order valence-electron chi connectivity index (χ2n) is 4.23. The number of carbonyl (C=O) groups is 2. The van der Waals surface area contributed by atoms with Crippen LogP contribution in [0, 0.1) is 0 Å². The van der Waals surface area contributed by atoms with E-state index in [-0.39, 0.29) is 25.0 Å². The van der Waals surface area contributed by atoms with Crippen LogP contribution in [0.3, 0.4) is 0 Å². The highest BCUT2D eigenvalue weighted by atomic mass is 16.4. The molecule has 15 heavy (non-hydrogen) atoms. The van der Waals surface area contributed by atoms with Crippen LogP contribution in [0.2, 0.25) is 0 Å².